The van der Waals surface area contributed by atoms with Gasteiger partial charge in [-0.1, -0.05) is 66.7 Å². The van der Waals surface area contributed by atoms with Crippen LogP contribution in [0.3, 0.4) is 0 Å². The highest BCUT2D eigenvalue weighted by Gasteiger charge is 2.11. The third-order valence-corrected chi connectivity index (χ3v) is 5.68. The maximum atomic E-state index is 5.92. The molecule has 1 aromatic heterocycles. The van der Waals surface area contributed by atoms with E-state index in [2.05, 4.69) is 39.8 Å². The molecule has 0 aliphatic heterocycles. The third kappa shape index (κ3) is 4.84. The molecule has 1 N–H and O–H groups in total. The summed E-state index contributed by atoms with van der Waals surface area (Å²) in [6, 6.07) is 34.3. The molecule has 168 valence electrons. The second-order valence-electron chi connectivity index (χ2n) is 7.94. The lowest BCUT2D eigenvalue weighted by atomic mass is 10.0. The molecule has 0 aliphatic rings. The van der Waals surface area contributed by atoms with E-state index in [0.29, 0.717) is 13.2 Å². The summed E-state index contributed by atoms with van der Waals surface area (Å²) in [6.07, 6.45) is 0. The van der Waals surface area contributed by atoms with Crippen molar-refractivity contribution in [2.45, 2.75) is 13.2 Å². The SMILES string of the molecule is COc1ccc(CNc2nnc(-c3ccc(OCc4ccccc4)cc3)c3ccccc23)cc1. The van der Waals surface area contributed by atoms with E-state index in [4.69, 9.17) is 9.47 Å². The van der Waals surface area contributed by atoms with Gasteiger partial charge in [0.1, 0.15) is 23.8 Å². The quantitative estimate of drug-likeness (QED) is 0.294. The zero-order valence-corrected chi connectivity index (χ0v) is 18.9. The molecule has 1 heterocycles. The molecule has 0 amide bonds. The predicted octanol–water partition coefficient (Wildman–Crippen LogP) is 6.50. The highest BCUT2D eigenvalue weighted by molar-refractivity contribution is 6.00. The van der Waals surface area contributed by atoms with Crippen LogP contribution in [0.2, 0.25) is 0 Å². The van der Waals surface area contributed by atoms with Crippen LogP contribution < -0.4 is 14.8 Å². The van der Waals surface area contributed by atoms with E-state index in [1.807, 2.05) is 78.9 Å². The summed E-state index contributed by atoms with van der Waals surface area (Å²) in [7, 11) is 1.67. The normalized spacial score (nSPS) is 10.7. The Kier molecular flexibility index (Phi) is 6.34. The van der Waals surface area contributed by atoms with Crippen molar-refractivity contribution < 1.29 is 9.47 Å². The molecular weight excluding hydrogens is 422 g/mol. The van der Waals surface area contributed by atoms with Crippen molar-refractivity contribution in [1.29, 1.82) is 0 Å². The van der Waals surface area contributed by atoms with Gasteiger partial charge in [-0.25, -0.2) is 0 Å². The monoisotopic (exact) mass is 447 g/mol. The average Bonchev–Trinajstić information content (AvgIpc) is 2.92. The topological polar surface area (TPSA) is 56.3 Å². The summed E-state index contributed by atoms with van der Waals surface area (Å²) >= 11 is 0. The Bertz CT molecular complexity index is 1370. The number of fused-ring (bicyclic) bond motifs is 1. The first-order valence-corrected chi connectivity index (χ1v) is 11.2. The number of hydrogen-bond acceptors (Lipinski definition) is 5. The molecule has 0 radical (unpaired) electrons. The molecule has 0 bridgehead atoms. The van der Waals surface area contributed by atoms with Gasteiger partial charge in [0.15, 0.2) is 5.82 Å². The first kappa shape index (κ1) is 21.5. The van der Waals surface area contributed by atoms with Gasteiger partial charge in [-0.2, -0.15) is 0 Å². The minimum absolute atomic E-state index is 0.539. The summed E-state index contributed by atoms with van der Waals surface area (Å²) in [4.78, 5) is 0. The lowest BCUT2D eigenvalue weighted by Crippen LogP contribution is -2.04. The first-order chi connectivity index (χ1) is 16.8. The molecule has 4 aromatic carbocycles. The molecule has 0 fully saturated rings. The molecule has 0 saturated carbocycles. The van der Waals surface area contributed by atoms with Gasteiger partial charge in [0.2, 0.25) is 0 Å². The van der Waals surface area contributed by atoms with Crippen molar-refractivity contribution in [3.8, 4) is 22.8 Å². The lowest BCUT2D eigenvalue weighted by Gasteiger charge is -2.12. The minimum atomic E-state index is 0.539. The zero-order valence-electron chi connectivity index (χ0n) is 18.9. The fourth-order valence-corrected chi connectivity index (χ4v) is 3.83. The Balaban J connectivity index is 1.34. The average molecular weight is 448 g/mol. The van der Waals surface area contributed by atoms with Crippen LogP contribution in [0.5, 0.6) is 11.5 Å². The zero-order chi connectivity index (χ0) is 23.2. The van der Waals surface area contributed by atoms with Crippen LogP contribution in [0.15, 0.2) is 103 Å². The Labute approximate surface area is 199 Å². The van der Waals surface area contributed by atoms with Gasteiger partial charge >= 0.3 is 0 Å². The third-order valence-electron chi connectivity index (χ3n) is 5.68. The Hall–Kier alpha value is -4.38. The summed E-state index contributed by atoms with van der Waals surface area (Å²) in [6.45, 7) is 1.19. The molecule has 34 heavy (non-hydrogen) atoms. The summed E-state index contributed by atoms with van der Waals surface area (Å²) in [5, 5.41) is 14.6. The van der Waals surface area contributed by atoms with Crippen LogP contribution in [0, 0.1) is 0 Å². The maximum absolute atomic E-state index is 5.92. The molecule has 5 aromatic rings. The summed E-state index contributed by atoms with van der Waals surface area (Å²) in [5.74, 6) is 2.43. The Morgan fingerprint density at radius 2 is 1.32 bits per heavy atom. The van der Waals surface area contributed by atoms with Crippen molar-refractivity contribution in [2.75, 3.05) is 12.4 Å². The molecule has 0 aliphatic carbocycles. The minimum Gasteiger partial charge on any atom is -0.497 e. The summed E-state index contributed by atoms with van der Waals surface area (Å²) in [5.41, 5.74) is 4.13. The molecule has 0 saturated heterocycles. The number of methoxy groups -OCH3 is 1. The van der Waals surface area contributed by atoms with Crippen LogP contribution in [0.1, 0.15) is 11.1 Å². The highest BCUT2D eigenvalue weighted by atomic mass is 16.5. The van der Waals surface area contributed by atoms with Crippen molar-refractivity contribution in [3.05, 3.63) is 114 Å². The molecular formula is C29H25N3O2. The van der Waals surface area contributed by atoms with Gasteiger partial charge < -0.3 is 14.8 Å². The molecule has 0 unspecified atom stereocenters. The fourth-order valence-electron chi connectivity index (χ4n) is 3.83. The van der Waals surface area contributed by atoms with Crippen molar-refractivity contribution in [2.24, 2.45) is 0 Å². The van der Waals surface area contributed by atoms with Crippen molar-refractivity contribution >= 4 is 16.6 Å². The van der Waals surface area contributed by atoms with E-state index in [0.717, 1.165) is 50.5 Å². The van der Waals surface area contributed by atoms with E-state index < -0.39 is 0 Å². The number of anilines is 1. The number of hydrogen-bond donors (Lipinski definition) is 1. The second kappa shape index (κ2) is 10.0. The number of ether oxygens (including phenoxy) is 2. The first-order valence-electron chi connectivity index (χ1n) is 11.2. The van der Waals surface area contributed by atoms with Crippen molar-refractivity contribution in [1.82, 2.24) is 10.2 Å². The largest absolute Gasteiger partial charge is 0.497 e. The van der Waals surface area contributed by atoms with E-state index >= 15 is 0 Å². The Morgan fingerprint density at radius 1 is 0.647 bits per heavy atom. The number of rotatable bonds is 8. The van der Waals surface area contributed by atoms with Crippen LogP contribution in [0.4, 0.5) is 5.82 Å². The summed E-state index contributed by atoms with van der Waals surface area (Å²) < 4.78 is 11.2. The predicted molar refractivity (Wildman–Crippen MR) is 136 cm³/mol. The van der Waals surface area contributed by atoms with Crippen LogP contribution in [-0.2, 0) is 13.2 Å². The van der Waals surface area contributed by atoms with Crippen LogP contribution in [-0.4, -0.2) is 17.3 Å². The van der Waals surface area contributed by atoms with E-state index in [1.165, 1.54) is 0 Å². The molecule has 0 atom stereocenters. The highest BCUT2D eigenvalue weighted by Crippen LogP contribution is 2.31. The van der Waals surface area contributed by atoms with Crippen LogP contribution in [0.25, 0.3) is 22.0 Å². The molecule has 5 nitrogen and oxygen atoms in total. The van der Waals surface area contributed by atoms with Gasteiger partial charge in [-0.15, -0.1) is 10.2 Å². The van der Waals surface area contributed by atoms with E-state index in [9.17, 15) is 0 Å². The Morgan fingerprint density at radius 3 is 2.06 bits per heavy atom. The molecule has 5 heteroatoms. The number of nitrogens with zero attached hydrogens (tertiary/aromatic N) is 2. The van der Waals surface area contributed by atoms with Gasteiger partial charge in [0.05, 0.1) is 7.11 Å². The van der Waals surface area contributed by atoms with Crippen LogP contribution >= 0.6 is 0 Å². The van der Waals surface area contributed by atoms with Gasteiger partial charge in [0.25, 0.3) is 0 Å². The van der Waals surface area contributed by atoms with Crippen molar-refractivity contribution in [3.63, 3.8) is 0 Å². The molecule has 0 spiro atoms. The van der Waals surface area contributed by atoms with Gasteiger partial charge in [-0.3, -0.25) is 0 Å². The van der Waals surface area contributed by atoms with E-state index in [1.54, 1.807) is 7.11 Å². The maximum Gasteiger partial charge on any atom is 0.156 e. The fraction of sp³-hybridized carbons (Fsp3) is 0.103. The number of aromatic nitrogens is 2. The van der Waals surface area contributed by atoms with Gasteiger partial charge in [0, 0.05) is 22.9 Å². The standard InChI is InChI=1S/C29H25N3O2/c1-33-24-15-11-21(12-16-24)19-30-29-27-10-6-5-9-26(27)28(31-32-29)23-13-17-25(18-14-23)34-20-22-7-3-2-4-8-22/h2-18H,19-20H2,1H3,(H,30,32). The van der Waals surface area contributed by atoms with E-state index in [-0.39, 0.29) is 0 Å². The number of nitrogens with one attached hydrogen (secondary N) is 1. The smallest absolute Gasteiger partial charge is 0.156 e. The van der Waals surface area contributed by atoms with Gasteiger partial charge in [-0.05, 0) is 47.5 Å². The number of benzene rings is 4. The second-order valence-corrected chi connectivity index (χ2v) is 7.94. The molecule has 5 rings (SSSR count). The lowest BCUT2D eigenvalue weighted by molar-refractivity contribution is 0.306.